The van der Waals surface area contributed by atoms with Crippen molar-refractivity contribution in [2.75, 3.05) is 0 Å². The van der Waals surface area contributed by atoms with E-state index in [1.807, 2.05) is 38.1 Å². The zero-order valence-corrected chi connectivity index (χ0v) is 16.2. The first kappa shape index (κ1) is 19.4. The summed E-state index contributed by atoms with van der Waals surface area (Å²) in [4.78, 5) is 14.8. The highest BCUT2D eigenvalue weighted by atomic mass is 19.1. The van der Waals surface area contributed by atoms with E-state index >= 15 is 0 Å². The molecule has 1 fully saturated rings. The summed E-state index contributed by atoms with van der Waals surface area (Å²) >= 11 is 0. The highest BCUT2D eigenvalue weighted by Gasteiger charge is 2.28. The maximum absolute atomic E-state index is 13.0. The zero-order chi connectivity index (χ0) is 19.2. The number of rotatable bonds is 7. The first-order valence-corrected chi connectivity index (χ1v) is 9.79. The first-order chi connectivity index (χ1) is 13.0. The van der Waals surface area contributed by atoms with Gasteiger partial charge in [0.05, 0.1) is 0 Å². The van der Waals surface area contributed by atoms with Crippen molar-refractivity contribution < 1.29 is 13.9 Å². The van der Waals surface area contributed by atoms with Crippen LogP contribution in [0.5, 0.6) is 5.75 Å². The number of hydrogen-bond acceptors (Lipinski definition) is 2. The molecule has 0 aliphatic heterocycles. The van der Waals surface area contributed by atoms with E-state index in [-0.39, 0.29) is 17.6 Å². The molecule has 0 heterocycles. The molecule has 144 valence electrons. The molecule has 1 saturated carbocycles. The second-order valence-corrected chi connectivity index (χ2v) is 7.62. The van der Waals surface area contributed by atoms with Crippen molar-refractivity contribution in [3.05, 3.63) is 65.5 Å². The number of ether oxygens (including phenoxy) is 1. The van der Waals surface area contributed by atoms with E-state index in [2.05, 4.69) is 4.90 Å². The molecule has 3 rings (SSSR count). The van der Waals surface area contributed by atoms with Crippen molar-refractivity contribution in [2.45, 2.75) is 58.7 Å². The lowest BCUT2D eigenvalue weighted by Crippen LogP contribution is -2.40. The van der Waals surface area contributed by atoms with Crippen molar-refractivity contribution in [1.29, 1.82) is 0 Å². The minimum Gasteiger partial charge on any atom is -0.489 e. The van der Waals surface area contributed by atoms with Gasteiger partial charge in [0, 0.05) is 18.5 Å². The molecular formula is C23H28FNO2. The molecule has 2 aromatic rings. The molecule has 0 N–H and O–H groups in total. The normalized spacial score (nSPS) is 14.5. The number of amides is 1. The summed E-state index contributed by atoms with van der Waals surface area (Å²) in [6.45, 7) is 4.94. The monoisotopic (exact) mass is 369 g/mol. The molecule has 0 saturated heterocycles. The Bertz CT molecular complexity index is 751. The van der Waals surface area contributed by atoms with Crippen LogP contribution in [0.15, 0.2) is 48.5 Å². The summed E-state index contributed by atoms with van der Waals surface area (Å²) in [5, 5.41) is 0. The third-order valence-electron chi connectivity index (χ3n) is 5.11. The summed E-state index contributed by atoms with van der Waals surface area (Å²) in [5.41, 5.74) is 2.00. The van der Waals surface area contributed by atoms with Crippen molar-refractivity contribution in [3.63, 3.8) is 0 Å². The number of hydrogen-bond donors (Lipinski definition) is 0. The van der Waals surface area contributed by atoms with Gasteiger partial charge in [0.15, 0.2) is 0 Å². The molecule has 1 aliphatic carbocycles. The number of benzene rings is 2. The molecule has 0 aromatic heterocycles. The Kier molecular flexibility index (Phi) is 6.49. The predicted molar refractivity (Wildman–Crippen MR) is 105 cm³/mol. The van der Waals surface area contributed by atoms with E-state index in [0.29, 0.717) is 19.2 Å². The standard InChI is InChI=1S/C23H28FNO2/c1-17(2)23(26)25(21-7-3-4-8-21)15-19-6-5-9-22(14-19)27-16-18-10-12-20(24)13-11-18/h5-6,9-14,17,21H,3-4,7-8,15-16H2,1-2H3. The summed E-state index contributed by atoms with van der Waals surface area (Å²) in [6.07, 6.45) is 4.60. The Balaban J connectivity index is 1.67. The highest BCUT2D eigenvalue weighted by Crippen LogP contribution is 2.27. The number of halogens is 1. The van der Waals surface area contributed by atoms with E-state index in [1.54, 1.807) is 12.1 Å². The molecular weight excluding hydrogens is 341 g/mol. The van der Waals surface area contributed by atoms with Gasteiger partial charge in [-0.15, -0.1) is 0 Å². The molecule has 4 heteroatoms. The van der Waals surface area contributed by atoms with Crippen molar-refractivity contribution in [1.82, 2.24) is 4.90 Å². The van der Waals surface area contributed by atoms with Crippen molar-refractivity contribution in [2.24, 2.45) is 5.92 Å². The van der Waals surface area contributed by atoms with Crippen LogP contribution >= 0.6 is 0 Å². The Morgan fingerprint density at radius 2 is 1.81 bits per heavy atom. The Hall–Kier alpha value is -2.36. The van der Waals surface area contributed by atoms with E-state index in [4.69, 9.17) is 4.74 Å². The van der Waals surface area contributed by atoms with Gasteiger partial charge in [0.1, 0.15) is 18.2 Å². The fourth-order valence-electron chi connectivity index (χ4n) is 3.61. The summed E-state index contributed by atoms with van der Waals surface area (Å²) in [5.74, 6) is 0.741. The van der Waals surface area contributed by atoms with Crippen LogP contribution in [0, 0.1) is 11.7 Å². The Labute approximate surface area is 161 Å². The van der Waals surface area contributed by atoms with Crippen LogP contribution in [0.25, 0.3) is 0 Å². The predicted octanol–water partition coefficient (Wildman–Crippen LogP) is 5.33. The van der Waals surface area contributed by atoms with E-state index in [9.17, 15) is 9.18 Å². The summed E-state index contributed by atoms with van der Waals surface area (Å²) in [6, 6.07) is 14.6. The third-order valence-corrected chi connectivity index (χ3v) is 5.11. The van der Waals surface area contributed by atoms with E-state index in [1.165, 1.54) is 25.0 Å². The fourth-order valence-corrected chi connectivity index (χ4v) is 3.61. The fraction of sp³-hybridized carbons (Fsp3) is 0.435. The van der Waals surface area contributed by atoms with E-state index in [0.717, 1.165) is 29.7 Å². The van der Waals surface area contributed by atoms with Gasteiger partial charge in [-0.25, -0.2) is 4.39 Å². The smallest absolute Gasteiger partial charge is 0.225 e. The van der Waals surface area contributed by atoms with Crippen LogP contribution in [0.3, 0.4) is 0 Å². The van der Waals surface area contributed by atoms with Crippen LogP contribution in [0.4, 0.5) is 4.39 Å². The molecule has 1 amide bonds. The molecule has 3 nitrogen and oxygen atoms in total. The molecule has 0 spiro atoms. The SMILES string of the molecule is CC(C)C(=O)N(Cc1cccc(OCc2ccc(F)cc2)c1)C1CCCC1. The molecule has 0 radical (unpaired) electrons. The number of nitrogens with zero attached hydrogens (tertiary/aromatic N) is 1. The molecule has 27 heavy (non-hydrogen) atoms. The van der Waals surface area contributed by atoms with Gasteiger partial charge in [-0.3, -0.25) is 4.79 Å². The van der Waals surface area contributed by atoms with Crippen LogP contribution in [-0.4, -0.2) is 16.8 Å². The van der Waals surface area contributed by atoms with Gasteiger partial charge in [-0.2, -0.15) is 0 Å². The number of carbonyl (C=O) groups excluding carboxylic acids is 1. The lowest BCUT2D eigenvalue weighted by atomic mass is 10.1. The topological polar surface area (TPSA) is 29.5 Å². The van der Waals surface area contributed by atoms with Gasteiger partial charge in [0.25, 0.3) is 0 Å². The van der Waals surface area contributed by atoms with Crippen molar-refractivity contribution in [3.8, 4) is 5.75 Å². The third kappa shape index (κ3) is 5.31. The average Bonchev–Trinajstić information content (AvgIpc) is 3.20. The van der Waals surface area contributed by atoms with E-state index < -0.39 is 0 Å². The van der Waals surface area contributed by atoms with Gasteiger partial charge in [-0.1, -0.05) is 51.0 Å². The minimum atomic E-state index is -0.248. The highest BCUT2D eigenvalue weighted by molar-refractivity contribution is 5.78. The first-order valence-electron chi connectivity index (χ1n) is 9.79. The quantitative estimate of drug-likeness (QED) is 0.660. The lowest BCUT2D eigenvalue weighted by Gasteiger charge is -2.31. The van der Waals surface area contributed by atoms with Gasteiger partial charge < -0.3 is 9.64 Å². The largest absolute Gasteiger partial charge is 0.489 e. The minimum absolute atomic E-state index is 0.00325. The summed E-state index contributed by atoms with van der Waals surface area (Å²) in [7, 11) is 0. The second-order valence-electron chi connectivity index (χ2n) is 7.62. The van der Waals surface area contributed by atoms with Gasteiger partial charge in [-0.05, 0) is 48.2 Å². The summed E-state index contributed by atoms with van der Waals surface area (Å²) < 4.78 is 18.9. The number of carbonyl (C=O) groups is 1. The van der Waals surface area contributed by atoms with Gasteiger partial charge >= 0.3 is 0 Å². The Morgan fingerprint density at radius 1 is 1.11 bits per heavy atom. The average molecular weight is 369 g/mol. The Morgan fingerprint density at radius 3 is 2.48 bits per heavy atom. The molecule has 0 bridgehead atoms. The van der Waals surface area contributed by atoms with Crippen molar-refractivity contribution >= 4 is 5.91 Å². The molecule has 0 atom stereocenters. The zero-order valence-electron chi connectivity index (χ0n) is 16.2. The lowest BCUT2D eigenvalue weighted by molar-refractivity contribution is -0.137. The molecule has 0 unspecified atom stereocenters. The van der Waals surface area contributed by atoms with Crippen LogP contribution in [-0.2, 0) is 17.9 Å². The van der Waals surface area contributed by atoms with Gasteiger partial charge in [0.2, 0.25) is 5.91 Å². The molecule has 2 aromatic carbocycles. The molecule has 1 aliphatic rings. The maximum atomic E-state index is 13.0. The maximum Gasteiger partial charge on any atom is 0.225 e. The van der Waals surface area contributed by atoms with Crippen LogP contribution in [0.1, 0.15) is 50.7 Å². The second kappa shape index (κ2) is 9.03. The van der Waals surface area contributed by atoms with Crippen LogP contribution < -0.4 is 4.74 Å². The van der Waals surface area contributed by atoms with Crippen LogP contribution in [0.2, 0.25) is 0 Å².